The summed E-state index contributed by atoms with van der Waals surface area (Å²) in [6, 6.07) is 8.41. The van der Waals surface area contributed by atoms with Crippen molar-refractivity contribution in [2.75, 3.05) is 17.1 Å². The summed E-state index contributed by atoms with van der Waals surface area (Å²) in [6.07, 6.45) is -3.28. The second-order valence-electron chi connectivity index (χ2n) is 9.13. The lowest BCUT2D eigenvalue weighted by Gasteiger charge is -2.30. The Kier molecular flexibility index (Phi) is 10.7. The third-order valence-corrected chi connectivity index (χ3v) is 7.24. The molecule has 2 amide bonds. The molecular formula is C26H33F4N3O4S. The van der Waals surface area contributed by atoms with Crippen LogP contribution >= 0.6 is 0 Å². The maximum atomic E-state index is 13.4. The molecule has 0 fully saturated rings. The van der Waals surface area contributed by atoms with E-state index >= 15 is 0 Å². The summed E-state index contributed by atoms with van der Waals surface area (Å²) < 4.78 is 78.3. The minimum atomic E-state index is -4.65. The Bertz CT molecular complexity index is 1200. The fraction of sp³-hybridized carbons (Fsp3) is 0.462. The van der Waals surface area contributed by atoms with Crippen LogP contribution < -0.4 is 9.62 Å². The van der Waals surface area contributed by atoms with E-state index in [1.54, 1.807) is 6.92 Å². The molecule has 0 aliphatic heterocycles. The number of sulfonamides is 1. The fourth-order valence-corrected chi connectivity index (χ4v) is 4.63. The van der Waals surface area contributed by atoms with Gasteiger partial charge in [-0.05, 0) is 62.6 Å². The highest BCUT2D eigenvalue weighted by Crippen LogP contribution is 2.32. The molecule has 210 valence electrons. The van der Waals surface area contributed by atoms with Gasteiger partial charge in [-0.3, -0.25) is 13.9 Å². The molecule has 0 saturated heterocycles. The molecule has 0 aliphatic carbocycles. The minimum absolute atomic E-state index is 0.0115. The summed E-state index contributed by atoms with van der Waals surface area (Å²) in [7, 11) is -3.96. The van der Waals surface area contributed by atoms with E-state index in [0.717, 1.165) is 28.8 Å². The van der Waals surface area contributed by atoms with E-state index in [0.29, 0.717) is 12.0 Å². The number of benzene rings is 2. The molecule has 0 bridgehead atoms. The van der Waals surface area contributed by atoms with Crippen molar-refractivity contribution in [2.24, 2.45) is 0 Å². The summed E-state index contributed by atoms with van der Waals surface area (Å²) in [5, 5.41) is 2.82. The van der Waals surface area contributed by atoms with E-state index in [4.69, 9.17) is 0 Å². The van der Waals surface area contributed by atoms with E-state index in [9.17, 15) is 35.6 Å². The average molecular weight is 560 g/mol. The van der Waals surface area contributed by atoms with E-state index < -0.39 is 39.5 Å². The number of anilines is 1. The Balaban J connectivity index is 2.21. The van der Waals surface area contributed by atoms with Crippen LogP contribution in [0.3, 0.4) is 0 Å². The summed E-state index contributed by atoms with van der Waals surface area (Å²) in [4.78, 5) is 27.3. The lowest BCUT2D eigenvalue weighted by molar-refractivity contribution is -0.140. The van der Waals surface area contributed by atoms with Crippen LogP contribution in [0.15, 0.2) is 48.5 Å². The lowest BCUT2D eigenvalue weighted by atomic mass is 10.1. The highest BCUT2D eigenvalue weighted by atomic mass is 32.2. The number of hydrogen-bond acceptors (Lipinski definition) is 4. The Labute approximate surface area is 220 Å². The van der Waals surface area contributed by atoms with Gasteiger partial charge in [-0.2, -0.15) is 13.2 Å². The zero-order valence-corrected chi connectivity index (χ0v) is 22.6. The predicted octanol–water partition coefficient (Wildman–Crippen LogP) is 4.72. The van der Waals surface area contributed by atoms with Crippen molar-refractivity contribution < 1.29 is 35.6 Å². The van der Waals surface area contributed by atoms with Crippen molar-refractivity contribution in [3.8, 4) is 0 Å². The average Bonchev–Trinajstić information content (AvgIpc) is 2.84. The van der Waals surface area contributed by atoms with Gasteiger partial charge in [0.05, 0.1) is 17.5 Å². The van der Waals surface area contributed by atoms with Gasteiger partial charge >= 0.3 is 6.18 Å². The third-order valence-electron chi connectivity index (χ3n) is 6.05. The molecule has 1 N–H and O–H groups in total. The van der Waals surface area contributed by atoms with Gasteiger partial charge in [0, 0.05) is 25.6 Å². The minimum Gasteiger partial charge on any atom is -0.352 e. The summed E-state index contributed by atoms with van der Waals surface area (Å²) in [5.41, 5.74) is -0.574. The molecule has 2 aromatic carbocycles. The first kappa shape index (κ1) is 31.1. The van der Waals surface area contributed by atoms with Crippen molar-refractivity contribution >= 4 is 27.5 Å². The van der Waals surface area contributed by atoms with Crippen LogP contribution in [0.2, 0.25) is 0 Å². The normalized spacial score (nSPS) is 13.5. The number of halogens is 4. The van der Waals surface area contributed by atoms with E-state index in [-0.39, 0.29) is 43.6 Å². The van der Waals surface area contributed by atoms with Crippen molar-refractivity contribution in [1.29, 1.82) is 0 Å². The second-order valence-corrected chi connectivity index (χ2v) is 11.0. The third kappa shape index (κ3) is 9.00. The SMILES string of the molecule is CCC(C)NC(=O)C(C)N(Cc1ccc(F)cc1)C(=O)CCCN(c1cccc(C(F)(F)F)c1)S(C)(=O)=O. The molecule has 0 radical (unpaired) electrons. The van der Waals surface area contributed by atoms with Crippen molar-refractivity contribution in [3.05, 3.63) is 65.5 Å². The maximum absolute atomic E-state index is 13.4. The molecule has 0 saturated carbocycles. The number of rotatable bonds is 12. The van der Waals surface area contributed by atoms with Crippen molar-refractivity contribution in [2.45, 2.75) is 64.8 Å². The number of nitrogens with one attached hydrogen (secondary N) is 1. The van der Waals surface area contributed by atoms with Crippen LogP contribution in [0.5, 0.6) is 0 Å². The first-order chi connectivity index (χ1) is 17.6. The summed E-state index contributed by atoms with van der Waals surface area (Å²) in [6.45, 7) is 5.05. The van der Waals surface area contributed by atoms with Crippen LogP contribution in [0.1, 0.15) is 51.2 Å². The number of hydrogen-bond donors (Lipinski definition) is 1. The second kappa shape index (κ2) is 13.1. The molecule has 0 aromatic heterocycles. The van der Waals surface area contributed by atoms with Gasteiger partial charge in [-0.1, -0.05) is 25.1 Å². The van der Waals surface area contributed by atoms with Gasteiger partial charge in [-0.15, -0.1) is 0 Å². The molecule has 0 heterocycles. The summed E-state index contributed by atoms with van der Waals surface area (Å²) >= 11 is 0. The van der Waals surface area contributed by atoms with Gasteiger partial charge in [0.15, 0.2) is 0 Å². The number of nitrogens with zero attached hydrogens (tertiary/aromatic N) is 2. The molecule has 12 heteroatoms. The molecule has 7 nitrogen and oxygen atoms in total. The highest BCUT2D eigenvalue weighted by Gasteiger charge is 2.32. The lowest BCUT2D eigenvalue weighted by Crippen LogP contribution is -2.49. The van der Waals surface area contributed by atoms with E-state index in [1.165, 1.54) is 35.2 Å². The van der Waals surface area contributed by atoms with E-state index in [2.05, 4.69) is 5.32 Å². The molecule has 0 spiro atoms. The zero-order valence-electron chi connectivity index (χ0n) is 21.8. The van der Waals surface area contributed by atoms with Gasteiger partial charge in [0.1, 0.15) is 11.9 Å². The monoisotopic (exact) mass is 559 g/mol. The van der Waals surface area contributed by atoms with Crippen LogP contribution in [0.4, 0.5) is 23.2 Å². The first-order valence-corrected chi connectivity index (χ1v) is 14.0. The number of amides is 2. The molecular weight excluding hydrogens is 526 g/mol. The Morgan fingerprint density at radius 3 is 2.24 bits per heavy atom. The molecule has 0 aliphatic rings. The quantitative estimate of drug-likeness (QED) is 0.381. The fourth-order valence-electron chi connectivity index (χ4n) is 3.68. The molecule has 2 aromatic rings. The number of carbonyl (C=O) groups is 2. The van der Waals surface area contributed by atoms with Gasteiger partial charge in [0.25, 0.3) is 0 Å². The molecule has 2 unspecified atom stereocenters. The topological polar surface area (TPSA) is 86.8 Å². The van der Waals surface area contributed by atoms with Gasteiger partial charge in [-0.25, -0.2) is 12.8 Å². The largest absolute Gasteiger partial charge is 0.416 e. The predicted molar refractivity (Wildman–Crippen MR) is 137 cm³/mol. The van der Waals surface area contributed by atoms with Gasteiger partial charge < -0.3 is 10.2 Å². The molecule has 2 atom stereocenters. The zero-order chi connectivity index (χ0) is 28.7. The Morgan fingerprint density at radius 2 is 1.68 bits per heavy atom. The van der Waals surface area contributed by atoms with Crippen LogP contribution in [-0.4, -0.2) is 50.0 Å². The van der Waals surface area contributed by atoms with E-state index in [1.807, 2.05) is 13.8 Å². The molecule has 38 heavy (non-hydrogen) atoms. The number of carbonyl (C=O) groups excluding carboxylic acids is 2. The maximum Gasteiger partial charge on any atom is 0.416 e. The Hall–Kier alpha value is -3.15. The first-order valence-electron chi connectivity index (χ1n) is 12.1. The van der Waals surface area contributed by atoms with Crippen LogP contribution in [0.25, 0.3) is 0 Å². The van der Waals surface area contributed by atoms with Crippen LogP contribution in [0, 0.1) is 5.82 Å². The smallest absolute Gasteiger partial charge is 0.352 e. The highest BCUT2D eigenvalue weighted by molar-refractivity contribution is 7.92. The Morgan fingerprint density at radius 1 is 1.05 bits per heavy atom. The number of alkyl halides is 3. The van der Waals surface area contributed by atoms with Gasteiger partial charge in [0.2, 0.25) is 21.8 Å². The van der Waals surface area contributed by atoms with Crippen molar-refractivity contribution in [3.63, 3.8) is 0 Å². The van der Waals surface area contributed by atoms with Crippen molar-refractivity contribution in [1.82, 2.24) is 10.2 Å². The summed E-state index contributed by atoms with van der Waals surface area (Å²) in [5.74, 6) is -1.29. The molecule has 2 rings (SSSR count). The standard InChI is InChI=1S/C26H33F4N3O4S/c1-5-18(2)31-25(35)19(3)32(17-20-11-13-22(27)14-12-20)24(34)10-7-15-33(38(4,36)37)23-9-6-8-21(16-23)26(28,29)30/h6,8-9,11-14,16,18-19H,5,7,10,15,17H2,1-4H3,(H,31,35). The van der Waals surface area contributed by atoms with Crippen LogP contribution in [-0.2, 0) is 32.3 Å².